The molecule has 0 saturated carbocycles. The standard InChI is InChI=1S/C21H23N3O2/c1-15-13-19(17-9-5-3-6-10-17)26-21(14-15,16(2)23-24-20(22)25)18-11-7-4-8-12-18/h3-13,15H,14H2,1-2H3,(H3,22,24,25)/b23-16+. The number of nitrogens with zero attached hydrogens (tertiary/aromatic N) is 1. The van der Waals surface area contributed by atoms with Crippen LogP contribution in [0.15, 0.2) is 71.8 Å². The Morgan fingerprint density at radius 3 is 2.38 bits per heavy atom. The van der Waals surface area contributed by atoms with Crippen LogP contribution in [0.25, 0.3) is 5.76 Å². The maximum atomic E-state index is 11.1. The Labute approximate surface area is 153 Å². The second-order valence-electron chi connectivity index (χ2n) is 6.55. The molecule has 1 aliphatic heterocycles. The molecular weight excluding hydrogens is 326 g/mol. The molecule has 5 heteroatoms. The number of nitrogens with one attached hydrogen (secondary N) is 1. The highest BCUT2D eigenvalue weighted by atomic mass is 16.5. The van der Waals surface area contributed by atoms with Crippen molar-refractivity contribution in [3.8, 4) is 0 Å². The first kappa shape index (κ1) is 17.7. The van der Waals surface area contributed by atoms with Crippen molar-refractivity contribution < 1.29 is 9.53 Å². The second-order valence-corrected chi connectivity index (χ2v) is 6.55. The number of ether oxygens (including phenoxy) is 1. The lowest BCUT2D eigenvalue weighted by Crippen LogP contribution is -2.42. The van der Waals surface area contributed by atoms with Crippen LogP contribution >= 0.6 is 0 Å². The second kappa shape index (κ2) is 7.44. The summed E-state index contributed by atoms with van der Waals surface area (Å²) in [5.41, 5.74) is 9.39. The minimum atomic E-state index is -0.775. The summed E-state index contributed by atoms with van der Waals surface area (Å²) in [4.78, 5) is 11.1. The quantitative estimate of drug-likeness (QED) is 0.646. The lowest BCUT2D eigenvalue weighted by Gasteiger charge is -2.40. The number of nitrogens with two attached hydrogens (primary N) is 1. The fourth-order valence-electron chi connectivity index (χ4n) is 3.34. The molecule has 0 aliphatic carbocycles. The summed E-state index contributed by atoms with van der Waals surface area (Å²) in [6.07, 6.45) is 2.84. The molecule has 2 atom stereocenters. The van der Waals surface area contributed by atoms with E-state index in [0.717, 1.165) is 16.9 Å². The number of urea groups is 1. The zero-order valence-corrected chi connectivity index (χ0v) is 15.0. The molecule has 5 nitrogen and oxygen atoms in total. The topological polar surface area (TPSA) is 76.7 Å². The lowest BCUT2D eigenvalue weighted by atomic mass is 9.79. The summed E-state index contributed by atoms with van der Waals surface area (Å²) in [5.74, 6) is 1.07. The molecule has 3 rings (SSSR count). The van der Waals surface area contributed by atoms with Gasteiger partial charge in [-0.3, -0.25) is 0 Å². The van der Waals surface area contributed by atoms with Gasteiger partial charge < -0.3 is 10.5 Å². The van der Waals surface area contributed by atoms with Crippen LogP contribution < -0.4 is 11.2 Å². The van der Waals surface area contributed by atoms with Crippen LogP contribution in [0.1, 0.15) is 31.4 Å². The summed E-state index contributed by atoms with van der Waals surface area (Å²) in [6, 6.07) is 19.2. The van der Waals surface area contributed by atoms with E-state index in [0.29, 0.717) is 12.1 Å². The number of hydrogen-bond donors (Lipinski definition) is 2. The average molecular weight is 349 g/mol. The Hall–Kier alpha value is -3.08. The Morgan fingerprint density at radius 2 is 1.77 bits per heavy atom. The lowest BCUT2D eigenvalue weighted by molar-refractivity contribution is 0.0715. The minimum absolute atomic E-state index is 0.262. The van der Waals surface area contributed by atoms with Crippen molar-refractivity contribution >= 4 is 17.5 Å². The highest BCUT2D eigenvalue weighted by Crippen LogP contribution is 2.43. The third kappa shape index (κ3) is 3.61. The van der Waals surface area contributed by atoms with Crippen molar-refractivity contribution in [2.24, 2.45) is 16.8 Å². The zero-order valence-electron chi connectivity index (χ0n) is 15.0. The van der Waals surface area contributed by atoms with Gasteiger partial charge >= 0.3 is 6.03 Å². The molecule has 0 spiro atoms. The van der Waals surface area contributed by atoms with E-state index in [2.05, 4.69) is 23.5 Å². The van der Waals surface area contributed by atoms with Gasteiger partial charge in [-0.2, -0.15) is 5.10 Å². The number of hydrazone groups is 1. The van der Waals surface area contributed by atoms with Crippen LogP contribution in [-0.2, 0) is 10.3 Å². The van der Waals surface area contributed by atoms with Crippen molar-refractivity contribution in [3.05, 3.63) is 77.9 Å². The molecule has 2 amide bonds. The van der Waals surface area contributed by atoms with Gasteiger partial charge in [0.2, 0.25) is 0 Å². The summed E-state index contributed by atoms with van der Waals surface area (Å²) in [6.45, 7) is 4.00. The van der Waals surface area contributed by atoms with Crippen molar-refractivity contribution in [1.82, 2.24) is 5.43 Å². The molecule has 2 unspecified atom stereocenters. The molecule has 0 saturated heterocycles. The van der Waals surface area contributed by atoms with Crippen LogP contribution in [0.3, 0.4) is 0 Å². The van der Waals surface area contributed by atoms with E-state index >= 15 is 0 Å². The molecule has 2 aromatic carbocycles. The number of carbonyl (C=O) groups is 1. The monoisotopic (exact) mass is 349 g/mol. The van der Waals surface area contributed by atoms with E-state index in [1.54, 1.807) is 0 Å². The number of carbonyl (C=O) groups excluding carboxylic acids is 1. The SMILES string of the molecule is C/C(=N\NC(N)=O)C1(c2ccccc2)CC(C)C=C(c2ccccc2)O1. The highest BCUT2D eigenvalue weighted by molar-refractivity contribution is 5.93. The predicted octanol–water partition coefficient (Wildman–Crippen LogP) is 4.02. The molecule has 134 valence electrons. The number of primary amides is 1. The van der Waals surface area contributed by atoms with Crippen LogP contribution in [0.4, 0.5) is 4.79 Å². The van der Waals surface area contributed by atoms with Gasteiger partial charge in [0.05, 0.1) is 5.71 Å². The van der Waals surface area contributed by atoms with Gasteiger partial charge in [-0.15, -0.1) is 0 Å². The maximum Gasteiger partial charge on any atom is 0.332 e. The van der Waals surface area contributed by atoms with Crippen molar-refractivity contribution in [2.45, 2.75) is 25.9 Å². The van der Waals surface area contributed by atoms with Gasteiger partial charge in [0.25, 0.3) is 0 Å². The minimum Gasteiger partial charge on any atom is -0.476 e. The average Bonchev–Trinajstić information content (AvgIpc) is 2.67. The molecular formula is C21H23N3O2. The number of amides is 2. The number of hydrogen-bond acceptors (Lipinski definition) is 3. The molecule has 0 radical (unpaired) electrons. The first-order valence-corrected chi connectivity index (χ1v) is 8.63. The first-order chi connectivity index (χ1) is 12.5. The third-order valence-corrected chi connectivity index (χ3v) is 4.55. The van der Waals surface area contributed by atoms with E-state index in [4.69, 9.17) is 10.5 Å². The predicted molar refractivity (Wildman–Crippen MR) is 103 cm³/mol. The fraction of sp³-hybridized carbons (Fsp3) is 0.238. The Balaban J connectivity index is 2.08. The van der Waals surface area contributed by atoms with E-state index in [9.17, 15) is 4.79 Å². The molecule has 0 bridgehead atoms. The molecule has 1 heterocycles. The Morgan fingerprint density at radius 1 is 1.15 bits per heavy atom. The van der Waals surface area contributed by atoms with E-state index in [1.807, 2.05) is 67.6 Å². The maximum absolute atomic E-state index is 11.1. The van der Waals surface area contributed by atoms with Gasteiger partial charge in [-0.25, -0.2) is 10.2 Å². The van der Waals surface area contributed by atoms with Crippen molar-refractivity contribution in [1.29, 1.82) is 0 Å². The number of benzene rings is 2. The van der Waals surface area contributed by atoms with Crippen LogP contribution in [-0.4, -0.2) is 11.7 Å². The van der Waals surface area contributed by atoms with Gasteiger partial charge in [0.1, 0.15) is 5.76 Å². The molecule has 0 aromatic heterocycles. The van der Waals surface area contributed by atoms with E-state index in [-0.39, 0.29) is 5.92 Å². The fourth-order valence-corrected chi connectivity index (χ4v) is 3.34. The van der Waals surface area contributed by atoms with Gasteiger partial charge in [0.15, 0.2) is 5.60 Å². The normalized spacial score (nSPS) is 22.9. The van der Waals surface area contributed by atoms with Crippen LogP contribution in [0.2, 0.25) is 0 Å². The Bertz CT molecular complexity index is 831. The van der Waals surface area contributed by atoms with E-state index < -0.39 is 11.6 Å². The number of allylic oxidation sites excluding steroid dienone is 1. The molecule has 3 N–H and O–H groups in total. The van der Waals surface area contributed by atoms with Crippen molar-refractivity contribution in [2.75, 3.05) is 0 Å². The third-order valence-electron chi connectivity index (χ3n) is 4.55. The number of rotatable bonds is 4. The summed E-state index contributed by atoms with van der Waals surface area (Å²) in [5, 5.41) is 4.20. The molecule has 26 heavy (non-hydrogen) atoms. The van der Waals surface area contributed by atoms with E-state index in [1.165, 1.54) is 0 Å². The molecule has 2 aromatic rings. The highest BCUT2D eigenvalue weighted by Gasteiger charge is 2.42. The van der Waals surface area contributed by atoms with Gasteiger partial charge in [0, 0.05) is 17.5 Å². The Kier molecular flexibility index (Phi) is 5.07. The first-order valence-electron chi connectivity index (χ1n) is 8.63. The van der Waals surface area contributed by atoms with Crippen molar-refractivity contribution in [3.63, 3.8) is 0 Å². The smallest absolute Gasteiger partial charge is 0.332 e. The van der Waals surface area contributed by atoms with Crippen LogP contribution in [0, 0.1) is 5.92 Å². The van der Waals surface area contributed by atoms with Gasteiger partial charge in [-0.1, -0.05) is 67.6 Å². The van der Waals surface area contributed by atoms with Crippen LogP contribution in [0.5, 0.6) is 0 Å². The summed E-state index contributed by atoms with van der Waals surface area (Å²) in [7, 11) is 0. The summed E-state index contributed by atoms with van der Waals surface area (Å²) >= 11 is 0. The van der Waals surface area contributed by atoms with Gasteiger partial charge in [-0.05, 0) is 18.9 Å². The summed E-state index contributed by atoms with van der Waals surface area (Å²) < 4.78 is 6.55. The molecule has 0 fully saturated rings. The zero-order chi connectivity index (χ0) is 18.6. The largest absolute Gasteiger partial charge is 0.476 e. The molecule has 1 aliphatic rings.